The van der Waals surface area contributed by atoms with Crippen LogP contribution < -0.4 is 10.2 Å². The highest BCUT2D eigenvalue weighted by Crippen LogP contribution is 2.29. The fourth-order valence-corrected chi connectivity index (χ4v) is 3.09. The maximum atomic E-state index is 12.9. The molecule has 28 heavy (non-hydrogen) atoms. The number of aryl methyl sites for hydroxylation is 2. The van der Waals surface area contributed by atoms with Gasteiger partial charge in [0.25, 0.3) is 5.91 Å². The third-order valence-corrected chi connectivity index (χ3v) is 4.59. The van der Waals surface area contributed by atoms with Crippen molar-refractivity contribution < 1.29 is 23.5 Å². The Morgan fingerprint density at radius 3 is 2.61 bits per heavy atom. The minimum Gasteiger partial charge on any atom is -0.455 e. The molecule has 6 nitrogen and oxygen atoms in total. The highest BCUT2D eigenvalue weighted by molar-refractivity contribution is 6.00. The van der Waals surface area contributed by atoms with Crippen LogP contribution in [0.15, 0.2) is 42.5 Å². The van der Waals surface area contributed by atoms with Crippen LogP contribution in [0.25, 0.3) is 0 Å². The summed E-state index contributed by atoms with van der Waals surface area (Å²) >= 11 is 0. The molecule has 0 aromatic heterocycles. The molecule has 1 fully saturated rings. The zero-order valence-electron chi connectivity index (χ0n) is 15.7. The van der Waals surface area contributed by atoms with E-state index in [1.165, 1.54) is 24.3 Å². The van der Waals surface area contributed by atoms with Gasteiger partial charge in [-0.15, -0.1) is 0 Å². The number of halogens is 1. The van der Waals surface area contributed by atoms with E-state index in [2.05, 4.69) is 5.32 Å². The topological polar surface area (TPSA) is 75.7 Å². The Bertz CT molecular complexity index is 911. The first-order chi connectivity index (χ1) is 13.3. The van der Waals surface area contributed by atoms with E-state index < -0.39 is 30.2 Å². The van der Waals surface area contributed by atoms with E-state index in [0.717, 1.165) is 16.8 Å². The van der Waals surface area contributed by atoms with Crippen molar-refractivity contribution in [3.05, 3.63) is 59.4 Å². The van der Waals surface area contributed by atoms with Gasteiger partial charge in [-0.05, 0) is 55.3 Å². The lowest BCUT2D eigenvalue weighted by Crippen LogP contribution is -2.28. The Morgan fingerprint density at radius 2 is 1.89 bits per heavy atom. The Hall–Kier alpha value is -3.22. The molecular weight excluding hydrogens is 363 g/mol. The predicted molar refractivity (Wildman–Crippen MR) is 102 cm³/mol. The molecule has 0 radical (unpaired) electrons. The van der Waals surface area contributed by atoms with Gasteiger partial charge in [0.2, 0.25) is 5.91 Å². The van der Waals surface area contributed by atoms with Gasteiger partial charge in [0.05, 0.1) is 5.92 Å². The number of carbonyl (C=O) groups excluding carboxylic acids is 3. The van der Waals surface area contributed by atoms with E-state index >= 15 is 0 Å². The second kappa shape index (κ2) is 8.21. The molecular formula is C21H21FN2O4. The van der Waals surface area contributed by atoms with Crippen LogP contribution in [0.2, 0.25) is 0 Å². The number of amides is 2. The van der Waals surface area contributed by atoms with Crippen molar-refractivity contribution in [3.8, 4) is 0 Å². The zero-order chi connectivity index (χ0) is 20.3. The maximum absolute atomic E-state index is 12.9. The molecule has 2 aromatic rings. The van der Waals surface area contributed by atoms with Crippen LogP contribution in [0.1, 0.15) is 17.5 Å². The predicted octanol–water partition coefficient (Wildman–Crippen LogP) is 2.98. The van der Waals surface area contributed by atoms with Crippen LogP contribution in [0.5, 0.6) is 0 Å². The summed E-state index contributed by atoms with van der Waals surface area (Å²) in [6.45, 7) is 3.61. The summed E-state index contributed by atoms with van der Waals surface area (Å²) in [5.74, 6) is -2.30. The minimum absolute atomic E-state index is 0.0474. The van der Waals surface area contributed by atoms with Crippen molar-refractivity contribution in [2.75, 3.05) is 23.4 Å². The lowest BCUT2D eigenvalue weighted by Gasteiger charge is -2.19. The van der Waals surface area contributed by atoms with E-state index in [-0.39, 0.29) is 18.9 Å². The number of nitrogens with zero attached hydrogens (tertiary/aromatic N) is 1. The summed E-state index contributed by atoms with van der Waals surface area (Å²) in [5, 5.41) is 2.51. The second-order valence-electron chi connectivity index (χ2n) is 6.86. The second-order valence-corrected chi connectivity index (χ2v) is 6.86. The molecule has 1 aliphatic rings. The molecule has 0 bridgehead atoms. The molecule has 0 aliphatic carbocycles. The number of ether oxygens (including phenoxy) is 1. The normalized spacial score (nSPS) is 16.2. The molecule has 2 amide bonds. The van der Waals surface area contributed by atoms with Gasteiger partial charge in [-0.25, -0.2) is 4.39 Å². The van der Waals surface area contributed by atoms with Crippen LogP contribution in [-0.4, -0.2) is 30.9 Å². The summed E-state index contributed by atoms with van der Waals surface area (Å²) in [6.07, 6.45) is 0.0474. The molecule has 1 aliphatic heterocycles. The Kier molecular flexibility index (Phi) is 5.73. The fourth-order valence-electron chi connectivity index (χ4n) is 3.09. The minimum atomic E-state index is -0.619. The molecule has 2 aromatic carbocycles. The lowest BCUT2D eigenvalue weighted by atomic mass is 10.1. The monoisotopic (exact) mass is 384 g/mol. The van der Waals surface area contributed by atoms with Gasteiger partial charge in [0, 0.05) is 24.3 Å². The fraction of sp³-hybridized carbons (Fsp3) is 0.286. The number of hydrogen-bond donors (Lipinski definition) is 1. The standard InChI is InChI=1S/C21H21FN2O4/c1-13-3-4-14(2)18(9-13)24-11-15(10-20(24)26)21(27)28-12-19(25)23-17-7-5-16(22)6-8-17/h3-9,15H,10-12H2,1-2H3,(H,23,25)/t15-/m1/s1. The maximum Gasteiger partial charge on any atom is 0.311 e. The number of anilines is 2. The molecule has 7 heteroatoms. The van der Waals surface area contributed by atoms with Crippen molar-refractivity contribution in [2.45, 2.75) is 20.3 Å². The Labute approximate surface area is 162 Å². The van der Waals surface area contributed by atoms with E-state index in [1.54, 1.807) is 4.90 Å². The van der Waals surface area contributed by atoms with Crippen molar-refractivity contribution in [1.29, 1.82) is 0 Å². The number of nitrogens with one attached hydrogen (secondary N) is 1. The summed E-state index contributed by atoms with van der Waals surface area (Å²) < 4.78 is 17.9. The van der Waals surface area contributed by atoms with Crippen LogP contribution in [0, 0.1) is 25.6 Å². The molecule has 1 saturated heterocycles. The number of carbonyl (C=O) groups is 3. The van der Waals surface area contributed by atoms with Crippen molar-refractivity contribution in [2.24, 2.45) is 5.92 Å². The van der Waals surface area contributed by atoms with Gasteiger partial charge in [0.1, 0.15) is 5.82 Å². The molecule has 1 heterocycles. The van der Waals surface area contributed by atoms with Crippen LogP contribution in [-0.2, 0) is 19.1 Å². The van der Waals surface area contributed by atoms with Gasteiger partial charge < -0.3 is 15.0 Å². The molecule has 1 N–H and O–H groups in total. The smallest absolute Gasteiger partial charge is 0.311 e. The summed E-state index contributed by atoms with van der Waals surface area (Å²) in [5.41, 5.74) is 3.16. The molecule has 0 saturated carbocycles. The van der Waals surface area contributed by atoms with Crippen LogP contribution in [0.4, 0.5) is 15.8 Å². The summed E-state index contributed by atoms with van der Waals surface area (Å²) in [7, 11) is 0. The Morgan fingerprint density at radius 1 is 1.18 bits per heavy atom. The van der Waals surface area contributed by atoms with Gasteiger partial charge in [-0.1, -0.05) is 12.1 Å². The quantitative estimate of drug-likeness (QED) is 0.804. The van der Waals surface area contributed by atoms with Gasteiger partial charge in [-0.3, -0.25) is 14.4 Å². The number of benzene rings is 2. The van der Waals surface area contributed by atoms with E-state index in [4.69, 9.17) is 4.74 Å². The summed E-state index contributed by atoms with van der Waals surface area (Å²) in [6, 6.07) is 11.1. The van der Waals surface area contributed by atoms with Gasteiger partial charge in [0.15, 0.2) is 6.61 Å². The third-order valence-electron chi connectivity index (χ3n) is 4.59. The van der Waals surface area contributed by atoms with E-state index in [1.807, 2.05) is 32.0 Å². The average molecular weight is 384 g/mol. The SMILES string of the molecule is Cc1ccc(C)c(N2C[C@H](C(=O)OCC(=O)Nc3ccc(F)cc3)CC2=O)c1. The first-order valence-electron chi connectivity index (χ1n) is 8.93. The van der Waals surface area contributed by atoms with Gasteiger partial charge in [-0.2, -0.15) is 0 Å². The average Bonchev–Trinajstić information content (AvgIpc) is 3.05. The first-order valence-corrected chi connectivity index (χ1v) is 8.93. The zero-order valence-corrected chi connectivity index (χ0v) is 15.7. The van der Waals surface area contributed by atoms with Crippen LogP contribution >= 0.6 is 0 Å². The van der Waals surface area contributed by atoms with Crippen molar-refractivity contribution in [1.82, 2.24) is 0 Å². The molecule has 0 unspecified atom stereocenters. The number of hydrogen-bond acceptors (Lipinski definition) is 4. The van der Waals surface area contributed by atoms with E-state index in [0.29, 0.717) is 5.69 Å². The van der Waals surface area contributed by atoms with Crippen LogP contribution in [0.3, 0.4) is 0 Å². The summed E-state index contributed by atoms with van der Waals surface area (Å²) in [4.78, 5) is 38.1. The largest absolute Gasteiger partial charge is 0.455 e. The molecule has 0 spiro atoms. The van der Waals surface area contributed by atoms with Gasteiger partial charge >= 0.3 is 5.97 Å². The highest BCUT2D eigenvalue weighted by Gasteiger charge is 2.36. The van der Waals surface area contributed by atoms with Crippen molar-refractivity contribution in [3.63, 3.8) is 0 Å². The molecule has 1 atom stereocenters. The van der Waals surface area contributed by atoms with E-state index in [9.17, 15) is 18.8 Å². The lowest BCUT2D eigenvalue weighted by molar-refractivity contribution is -0.151. The Balaban J connectivity index is 1.55. The third kappa shape index (κ3) is 4.54. The first kappa shape index (κ1) is 19.5. The molecule has 3 rings (SSSR count). The molecule has 146 valence electrons. The number of rotatable bonds is 5. The highest BCUT2D eigenvalue weighted by atomic mass is 19.1. The van der Waals surface area contributed by atoms with Crippen molar-refractivity contribution >= 4 is 29.2 Å². The number of esters is 1.